The minimum absolute atomic E-state index is 0.137. The van der Waals surface area contributed by atoms with Crippen molar-refractivity contribution in [1.82, 2.24) is 9.55 Å². The third-order valence-electron chi connectivity index (χ3n) is 3.12. The van der Waals surface area contributed by atoms with Crippen molar-refractivity contribution in [3.63, 3.8) is 0 Å². The molecule has 112 valence electrons. The second kappa shape index (κ2) is 6.78. The quantitative estimate of drug-likeness (QED) is 0.797. The molecule has 6 nitrogen and oxygen atoms in total. The molecule has 1 aromatic heterocycles. The molecule has 0 saturated carbocycles. The Hall–Kier alpha value is -2.50. The Morgan fingerprint density at radius 2 is 2.29 bits per heavy atom. The maximum absolute atomic E-state index is 12.1. The highest BCUT2D eigenvalue weighted by molar-refractivity contribution is 5.93. The predicted molar refractivity (Wildman–Crippen MR) is 82.3 cm³/mol. The topological polar surface area (TPSA) is 82.2 Å². The number of imidazole rings is 1. The summed E-state index contributed by atoms with van der Waals surface area (Å²) in [6, 6.07) is 5.16. The Bertz CT molecular complexity index is 622. The van der Waals surface area contributed by atoms with E-state index in [0.29, 0.717) is 17.1 Å². The van der Waals surface area contributed by atoms with Crippen molar-refractivity contribution in [1.29, 1.82) is 0 Å². The van der Waals surface area contributed by atoms with Gasteiger partial charge in [-0.1, -0.05) is 6.92 Å². The van der Waals surface area contributed by atoms with Crippen LogP contribution in [0, 0.1) is 0 Å². The fourth-order valence-corrected chi connectivity index (χ4v) is 2.06. The van der Waals surface area contributed by atoms with Crippen molar-refractivity contribution < 1.29 is 9.53 Å². The van der Waals surface area contributed by atoms with Gasteiger partial charge >= 0.3 is 0 Å². The molecule has 0 aliphatic carbocycles. The average molecular weight is 288 g/mol. The molecule has 0 radical (unpaired) electrons. The van der Waals surface area contributed by atoms with Gasteiger partial charge in [0.2, 0.25) is 5.91 Å². The first kappa shape index (κ1) is 14.9. The molecule has 0 bridgehead atoms. The second-order valence-corrected chi connectivity index (χ2v) is 4.72. The van der Waals surface area contributed by atoms with Crippen molar-refractivity contribution >= 4 is 17.3 Å². The van der Waals surface area contributed by atoms with Gasteiger partial charge in [-0.3, -0.25) is 4.79 Å². The summed E-state index contributed by atoms with van der Waals surface area (Å²) in [4.78, 5) is 16.3. The van der Waals surface area contributed by atoms with Crippen molar-refractivity contribution in [2.45, 2.75) is 26.3 Å². The standard InChI is InChI=1S/C15H20N4O2/c1-3-4-14-17-7-8-19(14)10-15(20)18-13-6-5-11(21-2)9-12(13)16/h5-9H,3-4,10,16H2,1-2H3,(H,18,20). The third-order valence-corrected chi connectivity index (χ3v) is 3.12. The third kappa shape index (κ3) is 3.75. The maximum atomic E-state index is 12.1. The van der Waals surface area contributed by atoms with E-state index in [1.807, 2.05) is 10.8 Å². The monoisotopic (exact) mass is 288 g/mol. The number of benzene rings is 1. The van der Waals surface area contributed by atoms with Gasteiger partial charge in [-0.2, -0.15) is 0 Å². The summed E-state index contributed by atoms with van der Waals surface area (Å²) in [6.07, 6.45) is 5.36. The molecule has 2 rings (SSSR count). The molecule has 1 amide bonds. The molecule has 0 saturated heterocycles. The first-order valence-electron chi connectivity index (χ1n) is 6.87. The summed E-state index contributed by atoms with van der Waals surface area (Å²) in [5.74, 6) is 1.43. The van der Waals surface area contributed by atoms with Gasteiger partial charge in [-0.25, -0.2) is 4.98 Å². The Morgan fingerprint density at radius 3 is 2.95 bits per heavy atom. The van der Waals surface area contributed by atoms with E-state index >= 15 is 0 Å². The van der Waals surface area contributed by atoms with E-state index in [2.05, 4.69) is 17.2 Å². The van der Waals surface area contributed by atoms with E-state index in [1.165, 1.54) is 0 Å². The van der Waals surface area contributed by atoms with Gasteiger partial charge < -0.3 is 20.4 Å². The van der Waals surface area contributed by atoms with Crippen LogP contribution >= 0.6 is 0 Å². The lowest BCUT2D eigenvalue weighted by molar-refractivity contribution is -0.116. The minimum Gasteiger partial charge on any atom is -0.497 e. The number of aryl methyl sites for hydroxylation is 1. The predicted octanol–water partition coefficient (Wildman–Crippen LogP) is 2.07. The van der Waals surface area contributed by atoms with E-state index in [1.54, 1.807) is 31.5 Å². The van der Waals surface area contributed by atoms with E-state index in [4.69, 9.17) is 10.5 Å². The van der Waals surface area contributed by atoms with E-state index in [9.17, 15) is 4.79 Å². The van der Waals surface area contributed by atoms with Gasteiger partial charge in [0.25, 0.3) is 0 Å². The van der Waals surface area contributed by atoms with Crippen LogP contribution in [0.5, 0.6) is 5.75 Å². The summed E-state index contributed by atoms with van der Waals surface area (Å²) in [5.41, 5.74) is 6.94. The Balaban J connectivity index is 2.03. The average Bonchev–Trinajstić information content (AvgIpc) is 2.88. The molecule has 0 atom stereocenters. The lowest BCUT2D eigenvalue weighted by Crippen LogP contribution is -2.20. The molecule has 21 heavy (non-hydrogen) atoms. The number of amides is 1. The number of nitrogens with two attached hydrogens (primary N) is 1. The summed E-state index contributed by atoms with van der Waals surface area (Å²) < 4.78 is 6.92. The number of nitrogens with one attached hydrogen (secondary N) is 1. The van der Waals surface area contributed by atoms with Crippen molar-refractivity contribution in [2.75, 3.05) is 18.2 Å². The van der Waals surface area contributed by atoms with Crippen LogP contribution in [-0.2, 0) is 17.8 Å². The fraction of sp³-hybridized carbons (Fsp3) is 0.333. The Labute approximate surface area is 123 Å². The fourth-order valence-electron chi connectivity index (χ4n) is 2.06. The lowest BCUT2D eigenvalue weighted by Gasteiger charge is -2.11. The first-order valence-corrected chi connectivity index (χ1v) is 6.87. The minimum atomic E-state index is -0.137. The summed E-state index contributed by atoms with van der Waals surface area (Å²) >= 11 is 0. The van der Waals surface area contributed by atoms with Crippen LogP contribution in [-0.4, -0.2) is 22.6 Å². The highest BCUT2D eigenvalue weighted by Gasteiger charge is 2.09. The van der Waals surface area contributed by atoms with Crippen molar-refractivity contribution in [2.24, 2.45) is 0 Å². The summed E-state index contributed by atoms with van der Waals surface area (Å²) in [5, 5.41) is 2.80. The molecule has 0 aliphatic rings. The van der Waals surface area contributed by atoms with Gasteiger partial charge in [-0.15, -0.1) is 0 Å². The van der Waals surface area contributed by atoms with Crippen LogP contribution in [0.25, 0.3) is 0 Å². The number of nitrogen functional groups attached to an aromatic ring is 1. The largest absolute Gasteiger partial charge is 0.497 e. The number of nitrogens with zero attached hydrogens (tertiary/aromatic N) is 2. The van der Waals surface area contributed by atoms with Crippen LogP contribution in [0.2, 0.25) is 0 Å². The highest BCUT2D eigenvalue weighted by Crippen LogP contribution is 2.24. The number of hydrogen-bond donors (Lipinski definition) is 2. The molecular weight excluding hydrogens is 268 g/mol. The van der Waals surface area contributed by atoms with Gasteiger partial charge in [0, 0.05) is 24.9 Å². The number of hydrogen-bond acceptors (Lipinski definition) is 4. The zero-order valence-electron chi connectivity index (χ0n) is 12.3. The van der Waals surface area contributed by atoms with E-state index < -0.39 is 0 Å². The normalized spacial score (nSPS) is 10.4. The Kier molecular flexibility index (Phi) is 4.81. The smallest absolute Gasteiger partial charge is 0.244 e. The second-order valence-electron chi connectivity index (χ2n) is 4.72. The van der Waals surface area contributed by atoms with Gasteiger partial charge in [0.05, 0.1) is 18.5 Å². The number of ether oxygens (including phenoxy) is 1. The first-order chi connectivity index (χ1) is 10.1. The zero-order valence-corrected chi connectivity index (χ0v) is 12.3. The number of carbonyl (C=O) groups is 1. The molecular formula is C15H20N4O2. The van der Waals surface area contributed by atoms with Crippen molar-refractivity contribution in [3.05, 3.63) is 36.4 Å². The van der Waals surface area contributed by atoms with Gasteiger partial charge in [0.1, 0.15) is 18.1 Å². The molecule has 0 aliphatic heterocycles. The number of rotatable bonds is 6. The molecule has 0 spiro atoms. The highest BCUT2D eigenvalue weighted by atomic mass is 16.5. The van der Waals surface area contributed by atoms with Crippen LogP contribution in [0.4, 0.5) is 11.4 Å². The molecule has 0 unspecified atom stereocenters. The van der Waals surface area contributed by atoms with Crippen molar-refractivity contribution in [3.8, 4) is 5.75 Å². The van der Waals surface area contributed by atoms with Crippen LogP contribution in [0.3, 0.4) is 0 Å². The number of anilines is 2. The maximum Gasteiger partial charge on any atom is 0.244 e. The molecule has 2 aromatic rings. The van der Waals surface area contributed by atoms with E-state index in [-0.39, 0.29) is 12.5 Å². The summed E-state index contributed by atoms with van der Waals surface area (Å²) in [6.45, 7) is 2.30. The van der Waals surface area contributed by atoms with Crippen LogP contribution in [0.1, 0.15) is 19.2 Å². The number of carbonyl (C=O) groups excluding carboxylic acids is 1. The van der Waals surface area contributed by atoms with E-state index in [0.717, 1.165) is 18.7 Å². The number of aromatic nitrogens is 2. The van der Waals surface area contributed by atoms with Gasteiger partial charge in [0.15, 0.2) is 0 Å². The lowest BCUT2D eigenvalue weighted by atomic mass is 10.2. The van der Waals surface area contributed by atoms with Crippen LogP contribution in [0.15, 0.2) is 30.6 Å². The van der Waals surface area contributed by atoms with Crippen LogP contribution < -0.4 is 15.8 Å². The summed E-state index contributed by atoms with van der Waals surface area (Å²) in [7, 11) is 1.57. The molecule has 0 fully saturated rings. The molecule has 6 heteroatoms. The van der Waals surface area contributed by atoms with Gasteiger partial charge in [-0.05, 0) is 18.6 Å². The molecule has 1 heterocycles. The molecule has 3 N–H and O–H groups in total. The SMILES string of the molecule is CCCc1nccn1CC(=O)Nc1ccc(OC)cc1N. The Morgan fingerprint density at radius 1 is 1.48 bits per heavy atom. The molecule has 1 aromatic carbocycles. The zero-order chi connectivity index (χ0) is 15.2. The number of methoxy groups -OCH3 is 1.